The molecule has 1 saturated heterocycles. The highest BCUT2D eigenvalue weighted by atomic mass is 35.5. The molecular formula is C14H16ClN3O3S. The zero-order valence-electron chi connectivity index (χ0n) is 12.0. The standard InChI is InChI=1S/C14H16ClN3O3S/c1-22-7-6-11-13(20)18(14(21)17-11)8-12(19)16-10-5-3-2-4-9(10)15/h2-5,11H,6-8H2,1H3,(H,16,19)(H,17,21)/t11-/m1/s1. The molecule has 2 N–H and O–H groups in total. The quantitative estimate of drug-likeness (QED) is 0.775. The van der Waals surface area contributed by atoms with E-state index in [1.807, 2.05) is 6.26 Å². The molecule has 1 aliphatic heterocycles. The Morgan fingerprint density at radius 1 is 1.41 bits per heavy atom. The number of carbonyl (C=O) groups is 3. The van der Waals surface area contributed by atoms with Gasteiger partial charge in [0.1, 0.15) is 12.6 Å². The number of hydrogen-bond donors (Lipinski definition) is 2. The van der Waals surface area contributed by atoms with Crippen molar-refractivity contribution in [3.8, 4) is 0 Å². The number of amides is 4. The van der Waals surface area contributed by atoms with Crippen LogP contribution in [0.5, 0.6) is 0 Å². The molecule has 0 aromatic heterocycles. The summed E-state index contributed by atoms with van der Waals surface area (Å²) in [7, 11) is 0. The summed E-state index contributed by atoms with van der Waals surface area (Å²) >= 11 is 7.54. The summed E-state index contributed by atoms with van der Waals surface area (Å²) in [5, 5.41) is 5.57. The first-order chi connectivity index (χ1) is 10.5. The number of halogens is 1. The Kier molecular flexibility index (Phi) is 5.68. The maximum absolute atomic E-state index is 12.1. The van der Waals surface area contributed by atoms with E-state index in [0.717, 1.165) is 10.7 Å². The first kappa shape index (κ1) is 16.6. The van der Waals surface area contributed by atoms with Crippen LogP contribution in [0.25, 0.3) is 0 Å². The van der Waals surface area contributed by atoms with E-state index < -0.39 is 18.0 Å². The lowest BCUT2D eigenvalue weighted by Gasteiger charge is -2.13. The fourth-order valence-corrected chi connectivity index (χ4v) is 2.71. The molecule has 0 saturated carbocycles. The monoisotopic (exact) mass is 341 g/mol. The molecule has 8 heteroatoms. The highest BCUT2D eigenvalue weighted by Gasteiger charge is 2.38. The van der Waals surface area contributed by atoms with Crippen LogP contribution in [0.4, 0.5) is 10.5 Å². The Hall–Kier alpha value is -1.73. The minimum Gasteiger partial charge on any atom is -0.326 e. The van der Waals surface area contributed by atoms with Gasteiger partial charge in [0.25, 0.3) is 5.91 Å². The molecule has 6 nitrogen and oxygen atoms in total. The molecule has 1 heterocycles. The Morgan fingerprint density at radius 2 is 2.14 bits per heavy atom. The van der Waals surface area contributed by atoms with E-state index >= 15 is 0 Å². The van der Waals surface area contributed by atoms with Crippen molar-refractivity contribution in [2.24, 2.45) is 0 Å². The Balaban J connectivity index is 1.95. The van der Waals surface area contributed by atoms with Gasteiger partial charge in [0.2, 0.25) is 5.91 Å². The average Bonchev–Trinajstić information content (AvgIpc) is 2.75. The Bertz CT molecular complexity index is 596. The number of benzene rings is 1. The van der Waals surface area contributed by atoms with Gasteiger partial charge in [-0.1, -0.05) is 23.7 Å². The molecule has 22 heavy (non-hydrogen) atoms. The van der Waals surface area contributed by atoms with Gasteiger partial charge in [0, 0.05) is 0 Å². The van der Waals surface area contributed by atoms with Crippen molar-refractivity contribution in [1.82, 2.24) is 10.2 Å². The van der Waals surface area contributed by atoms with Crippen molar-refractivity contribution >= 4 is 46.9 Å². The van der Waals surface area contributed by atoms with Gasteiger partial charge in [-0.3, -0.25) is 14.5 Å². The smallest absolute Gasteiger partial charge is 0.325 e. The van der Waals surface area contributed by atoms with Gasteiger partial charge in [-0.05, 0) is 30.6 Å². The van der Waals surface area contributed by atoms with Crippen molar-refractivity contribution in [1.29, 1.82) is 0 Å². The summed E-state index contributed by atoms with van der Waals surface area (Å²) in [5.41, 5.74) is 0.445. The van der Waals surface area contributed by atoms with Crippen LogP contribution in [0.2, 0.25) is 5.02 Å². The molecule has 1 aromatic carbocycles. The number of urea groups is 1. The molecule has 0 bridgehead atoms. The van der Waals surface area contributed by atoms with Gasteiger partial charge in [-0.15, -0.1) is 0 Å². The van der Waals surface area contributed by atoms with Gasteiger partial charge in [-0.2, -0.15) is 11.8 Å². The molecule has 0 unspecified atom stereocenters. The van der Waals surface area contributed by atoms with E-state index in [9.17, 15) is 14.4 Å². The van der Waals surface area contributed by atoms with Crippen LogP contribution >= 0.6 is 23.4 Å². The maximum Gasteiger partial charge on any atom is 0.325 e. The van der Waals surface area contributed by atoms with Gasteiger partial charge in [-0.25, -0.2) is 4.79 Å². The number of para-hydroxylation sites is 1. The summed E-state index contributed by atoms with van der Waals surface area (Å²) in [6.45, 7) is -0.328. The van der Waals surface area contributed by atoms with E-state index in [2.05, 4.69) is 10.6 Å². The zero-order chi connectivity index (χ0) is 16.1. The lowest BCUT2D eigenvalue weighted by atomic mass is 10.2. The number of imide groups is 1. The van der Waals surface area contributed by atoms with Gasteiger partial charge < -0.3 is 10.6 Å². The number of nitrogens with one attached hydrogen (secondary N) is 2. The molecule has 0 radical (unpaired) electrons. The van der Waals surface area contributed by atoms with E-state index in [1.54, 1.807) is 36.0 Å². The second-order valence-electron chi connectivity index (χ2n) is 4.74. The van der Waals surface area contributed by atoms with E-state index in [0.29, 0.717) is 17.1 Å². The maximum atomic E-state index is 12.1. The van der Waals surface area contributed by atoms with Crippen LogP contribution in [0.1, 0.15) is 6.42 Å². The number of carbonyl (C=O) groups excluding carboxylic acids is 3. The molecule has 0 spiro atoms. The summed E-state index contributed by atoms with van der Waals surface area (Å²) in [6.07, 6.45) is 2.48. The van der Waals surface area contributed by atoms with E-state index in [-0.39, 0.29) is 12.5 Å². The fourth-order valence-electron chi connectivity index (χ4n) is 2.05. The van der Waals surface area contributed by atoms with E-state index in [4.69, 9.17) is 11.6 Å². The predicted octanol–water partition coefficient (Wildman–Crippen LogP) is 1.95. The highest BCUT2D eigenvalue weighted by Crippen LogP contribution is 2.20. The number of nitrogens with zero attached hydrogens (tertiary/aromatic N) is 1. The average molecular weight is 342 g/mol. The molecule has 1 atom stereocenters. The van der Waals surface area contributed by atoms with Crippen molar-refractivity contribution in [2.75, 3.05) is 23.9 Å². The van der Waals surface area contributed by atoms with Crippen LogP contribution < -0.4 is 10.6 Å². The van der Waals surface area contributed by atoms with Crippen LogP contribution in [0.3, 0.4) is 0 Å². The summed E-state index contributed by atoms with van der Waals surface area (Å²) in [4.78, 5) is 36.8. The minimum absolute atomic E-state index is 0.328. The molecule has 4 amide bonds. The van der Waals surface area contributed by atoms with Crippen LogP contribution in [0.15, 0.2) is 24.3 Å². The molecule has 2 rings (SSSR count). The molecule has 118 valence electrons. The van der Waals surface area contributed by atoms with Crippen LogP contribution in [0, 0.1) is 0 Å². The minimum atomic E-state index is -0.548. The number of hydrogen-bond acceptors (Lipinski definition) is 4. The zero-order valence-corrected chi connectivity index (χ0v) is 13.5. The molecule has 1 aromatic rings. The largest absolute Gasteiger partial charge is 0.326 e. The van der Waals surface area contributed by atoms with Crippen molar-refractivity contribution in [3.05, 3.63) is 29.3 Å². The number of anilines is 1. The third-order valence-corrected chi connectivity index (χ3v) is 4.14. The predicted molar refractivity (Wildman–Crippen MR) is 87.1 cm³/mol. The van der Waals surface area contributed by atoms with Crippen molar-refractivity contribution < 1.29 is 14.4 Å². The third kappa shape index (κ3) is 3.92. The normalized spacial score (nSPS) is 17.5. The third-order valence-electron chi connectivity index (χ3n) is 3.17. The summed E-state index contributed by atoms with van der Waals surface area (Å²) in [6, 6.07) is 5.68. The van der Waals surface area contributed by atoms with Crippen LogP contribution in [-0.4, -0.2) is 47.3 Å². The topological polar surface area (TPSA) is 78.5 Å². The molecule has 0 aliphatic carbocycles. The first-order valence-electron chi connectivity index (χ1n) is 6.68. The molecule has 1 aliphatic rings. The fraction of sp³-hybridized carbons (Fsp3) is 0.357. The lowest BCUT2D eigenvalue weighted by molar-refractivity contribution is -0.130. The van der Waals surface area contributed by atoms with Gasteiger partial charge in [0.15, 0.2) is 0 Å². The summed E-state index contributed by atoms with van der Waals surface area (Å²) in [5.74, 6) is -0.0773. The SMILES string of the molecule is CSCC[C@H]1NC(=O)N(CC(=O)Nc2ccccc2Cl)C1=O. The van der Waals surface area contributed by atoms with Crippen molar-refractivity contribution in [3.63, 3.8) is 0 Å². The number of thioether (sulfide) groups is 1. The van der Waals surface area contributed by atoms with Gasteiger partial charge in [0.05, 0.1) is 10.7 Å². The van der Waals surface area contributed by atoms with Crippen LogP contribution in [-0.2, 0) is 9.59 Å². The molecular weight excluding hydrogens is 326 g/mol. The van der Waals surface area contributed by atoms with Gasteiger partial charge >= 0.3 is 6.03 Å². The van der Waals surface area contributed by atoms with Crippen molar-refractivity contribution in [2.45, 2.75) is 12.5 Å². The Morgan fingerprint density at radius 3 is 2.82 bits per heavy atom. The molecule has 1 fully saturated rings. The lowest BCUT2D eigenvalue weighted by Crippen LogP contribution is -2.38. The second kappa shape index (κ2) is 7.51. The summed E-state index contributed by atoms with van der Waals surface area (Å²) < 4.78 is 0. The van der Waals surface area contributed by atoms with E-state index in [1.165, 1.54) is 0 Å². The first-order valence-corrected chi connectivity index (χ1v) is 8.45. The Labute approximate surface area is 137 Å². The highest BCUT2D eigenvalue weighted by molar-refractivity contribution is 7.98. The second-order valence-corrected chi connectivity index (χ2v) is 6.13. The number of rotatable bonds is 6.